The van der Waals surface area contributed by atoms with Crippen LogP contribution in [0.1, 0.15) is 23.2 Å². The van der Waals surface area contributed by atoms with Crippen molar-refractivity contribution in [2.45, 2.75) is 18.9 Å². The summed E-state index contributed by atoms with van der Waals surface area (Å²) >= 11 is 1.83. The number of carboxylic acid groups (broad SMARTS) is 1. The first-order valence-corrected chi connectivity index (χ1v) is 6.57. The maximum absolute atomic E-state index is 13.4. The van der Waals surface area contributed by atoms with Crippen molar-refractivity contribution in [3.05, 3.63) is 33.1 Å². The SMILES string of the molecule is O=C(O)[C@@H]1CCCN1C(=O)c1ccc(I)c(F)c1. The van der Waals surface area contributed by atoms with Crippen LogP contribution >= 0.6 is 22.6 Å². The summed E-state index contributed by atoms with van der Waals surface area (Å²) in [5, 5.41) is 9.01. The number of carboxylic acids is 1. The van der Waals surface area contributed by atoms with Gasteiger partial charge in [0.05, 0.1) is 0 Å². The number of amides is 1. The second-order valence-corrected chi connectivity index (χ2v) is 5.29. The molecule has 1 aliphatic rings. The van der Waals surface area contributed by atoms with Crippen LogP contribution in [0.2, 0.25) is 0 Å². The van der Waals surface area contributed by atoms with Crippen LogP contribution in [0, 0.1) is 9.39 Å². The molecule has 1 fully saturated rings. The molecule has 1 aliphatic heterocycles. The summed E-state index contributed by atoms with van der Waals surface area (Å²) < 4.78 is 13.8. The third-order valence-electron chi connectivity index (χ3n) is 2.97. The fraction of sp³-hybridized carbons (Fsp3) is 0.333. The van der Waals surface area contributed by atoms with E-state index in [1.807, 2.05) is 22.6 Å². The van der Waals surface area contributed by atoms with Gasteiger partial charge in [0, 0.05) is 15.7 Å². The molecule has 1 atom stereocenters. The molecule has 1 amide bonds. The van der Waals surface area contributed by atoms with Gasteiger partial charge in [-0.2, -0.15) is 0 Å². The van der Waals surface area contributed by atoms with Crippen molar-refractivity contribution >= 4 is 34.5 Å². The number of carbonyl (C=O) groups excluding carboxylic acids is 1. The van der Waals surface area contributed by atoms with Gasteiger partial charge in [0.15, 0.2) is 0 Å². The molecule has 0 unspecified atom stereocenters. The average Bonchev–Trinajstić information content (AvgIpc) is 2.81. The molecule has 0 radical (unpaired) electrons. The Labute approximate surface area is 117 Å². The number of hydrogen-bond donors (Lipinski definition) is 1. The first-order chi connectivity index (χ1) is 8.50. The summed E-state index contributed by atoms with van der Waals surface area (Å²) in [7, 11) is 0. The standard InChI is InChI=1S/C12H11FINO3/c13-8-6-7(3-4-9(8)14)11(16)15-5-1-2-10(15)12(17)18/h3-4,6,10H,1-2,5H2,(H,17,18)/t10-/m0/s1. The van der Waals surface area contributed by atoms with Gasteiger partial charge in [-0.25, -0.2) is 9.18 Å². The molecule has 1 aromatic rings. The molecule has 18 heavy (non-hydrogen) atoms. The monoisotopic (exact) mass is 363 g/mol. The highest BCUT2D eigenvalue weighted by Crippen LogP contribution is 2.21. The molecular formula is C12H11FINO3. The fourth-order valence-corrected chi connectivity index (χ4v) is 2.40. The number of nitrogens with zero attached hydrogens (tertiary/aromatic N) is 1. The van der Waals surface area contributed by atoms with Gasteiger partial charge in [-0.15, -0.1) is 0 Å². The predicted molar refractivity (Wildman–Crippen MR) is 70.8 cm³/mol. The molecule has 4 nitrogen and oxygen atoms in total. The van der Waals surface area contributed by atoms with E-state index in [1.165, 1.54) is 17.0 Å². The van der Waals surface area contributed by atoms with E-state index in [1.54, 1.807) is 0 Å². The topological polar surface area (TPSA) is 57.6 Å². The number of hydrogen-bond acceptors (Lipinski definition) is 2. The quantitative estimate of drug-likeness (QED) is 0.819. The molecule has 0 aliphatic carbocycles. The van der Waals surface area contributed by atoms with Crippen LogP contribution < -0.4 is 0 Å². The lowest BCUT2D eigenvalue weighted by Crippen LogP contribution is -2.40. The van der Waals surface area contributed by atoms with E-state index in [9.17, 15) is 14.0 Å². The molecule has 96 valence electrons. The first-order valence-electron chi connectivity index (χ1n) is 5.49. The Morgan fingerprint density at radius 1 is 1.44 bits per heavy atom. The number of likely N-dealkylation sites (tertiary alicyclic amines) is 1. The van der Waals surface area contributed by atoms with Crippen LogP contribution in [-0.2, 0) is 4.79 Å². The van der Waals surface area contributed by atoms with Crippen LogP contribution in [0.5, 0.6) is 0 Å². The van der Waals surface area contributed by atoms with Crippen molar-refractivity contribution in [3.8, 4) is 0 Å². The van der Waals surface area contributed by atoms with Crippen molar-refractivity contribution in [3.63, 3.8) is 0 Å². The van der Waals surface area contributed by atoms with Gasteiger partial charge in [0.2, 0.25) is 0 Å². The van der Waals surface area contributed by atoms with E-state index in [0.717, 1.165) is 6.07 Å². The second-order valence-electron chi connectivity index (χ2n) is 4.12. The van der Waals surface area contributed by atoms with Crippen molar-refractivity contribution in [1.82, 2.24) is 4.90 Å². The van der Waals surface area contributed by atoms with E-state index in [2.05, 4.69) is 0 Å². The van der Waals surface area contributed by atoms with Gasteiger partial charge in [0.25, 0.3) is 5.91 Å². The van der Waals surface area contributed by atoms with Crippen LogP contribution in [0.4, 0.5) is 4.39 Å². The minimum atomic E-state index is -1.01. The van der Waals surface area contributed by atoms with E-state index < -0.39 is 23.7 Å². The Kier molecular flexibility index (Phi) is 3.84. The average molecular weight is 363 g/mol. The van der Waals surface area contributed by atoms with Gasteiger partial charge in [-0.3, -0.25) is 4.79 Å². The van der Waals surface area contributed by atoms with Crippen LogP contribution in [0.3, 0.4) is 0 Å². The van der Waals surface area contributed by atoms with Crippen molar-refractivity contribution < 1.29 is 19.1 Å². The minimum Gasteiger partial charge on any atom is -0.480 e. The van der Waals surface area contributed by atoms with E-state index >= 15 is 0 Å². The molecule has 0 aromatic heterocycles. The zero-order valence-corrected chi connectivity index (χ0v) is 11.6. The molecule has 1 N–H and O–H groups in total. The van der Waals surface area contributed by atoms with E-state index in [0.29, 0.717) is 23.0 Å². The Hall–Kier alpha value is -1.18. The maximum Gasteiger partial charge on any atom is 0.326 e. The Morgan fingerprint density at radius 2 is 2.17 bits per heavy atom. The molecule has 1 heterocycles. The van der Waals surface area contributed by atoms with Crippen molar-refractivity contribution in [1.29, 1.82) is 0 Å². The van der Waals surface area contributed by atoms with Gasteiger partial charge in [-0.1, -0.05) is 0 Å². The summed E-state index contributed by atoms with van der Waals surface area (Å²) in [6.07, 6.45) is 1.11. The zero-order valence-electron chi connectivity index (χ0n) is 9.40. The summed E-state index contributed by atoms with van der Waals surface area (Å²) in [5.41, 5.74) is 0.195. The van der Waals surface area contributed by atoms with Crippen LogP contribution in [0.25, 0.3) is 0 Å². The second kappa shape index (κ2) is 5.21. The lowest BCUT2D eigenvalue weighted by Gasteiger charge is -2.21. The zero-order chi connectivity index (χ0) is 13.3. The van der Waals surface area contributed by atoms with Gasteiger partial charge in [0.1, 0.15) is 11.9 Å². The molecule has 0 saturated carbocycles. The Balaban J connectivity index is 2.25. The fourth-order valence-electron chi connectivity index (χ4n) is 2.06. The van der Waals surface area contributed by atoms with Gasteiger partial charge < -0.3 is 10.0 Å². The normalized spacial score (nSPS) is 19.0. The Bertz CT molecular complexity index is 506. The molecule has 2 rings (SSSR count). The first kappa shape index (κ1) is 13.3. The highest BCUT2D eigenvalue weighted by molar-refractivity contribution is 14.1. The van der Waals surface area contributed by atoms with Crippen molar-refractivity contribution in [2.75, 3.05) is 6.54 Å². The van der Waals surface area contributed by atoms with Crippen LogP contribution in [-0.4, -0.2) is 34.5 Å². The molecule has 1 aromatic carbocycles. The van der Waals surface area contributed by atoms with Crippen molar-refractivity contribution in [2.24, 2.45) is 0 Å². The lowest BCUT2D eigenvalue weighted by atomic mass is 10.1. The molecule has 1 saturated heterocycles. The van der Waals surface area contributed by atoms with E-state index in [-0.39, 0.29) is 5.56 Å². The lowest BCUT2D eigenvalue weighted by molar-refractivity contribution is -0.141. The highest BCUT2D eigenvalue weighted by Gasteiger charge is 2.34. The number of halogens is 2. The third kappa shape index (κ3) is 2.47. The summed E-state index contributed by atoms with van der Waals surface area (Å²) in [6, 6.07) is 3.39. The maximum atomic E-state index is 13.4. The minimum absolute atomic E-state index is 0.195. The van der Waals surface area contributed by atoms with Gasteiger partial charge in [-0.05, 0) is 53.6 Å². The third-order valence-corrected chi connectivity index (χ3v) is 3.84. The highest BCUT2D eigenvalue weighted by atomic mass is 127. The number of carbonyl (C=O) groups is 2. The summed E-state index contributed by atoms with van der Waals surface area (Å²) in [6.45, 7) is 0.406. The predicted octanol–water partition coefficient (Wildman–Crippen LogP) is 2.12. The number of aliphatic carboxylic acids is 1. The largest absolute Gasteiger partial charge is 0.480 e. The molecule has 6 heteroatoms. The van der Waals surface area contributed by atoms with Gasteiger partial charge >= 0.3 is 5.97 Å². The Morgan fingerprint density at radius 3 is 2.78 bits per heavy atom. The smallest absolute Gasteiger partial charge is 0.326 e. The summed E-state index contributed by atoms with van der Waals surface area (Å²) in [4.78, 5) is 24.4. The molecule has 0 spiro atoms. The number of benzene rings is 1. The van der Waals surface area contributed by atoms with Crippen LogP contribution in [0.15, 0.2) is 18.2 Å². The molecular weight excluding hydrogens is 352 g/mol. The van der Waals surface area contributed by atoms with E-state index in [4.69, 9.17) is 5.11 Å². The molecule has 0 bridgehead atoms. The summed E-state index contributed by atoms with van der Waals surface area (Å²) in [5.74, 6) is -1.89. The number of rotatable bonds is 2.